The number of carbonyl (C=O) groups is 2. The Hall–Kier alpha value is -2.77. The van der Waals surface area contributed by atoms with E-state index in [1.54, 1.807) is 16.7 Å². The van der Waals surface area contributed by atoms with Gasteiger partial charge in [-0.25, -0.2) is 9.59 Å². The van der Waals surface area contributed by atoms with Gasteiger partial charge in [-0.1, -0.05) is 42.1 Å². The fourth-order valence-electron chi connectivity index (χ4n) is 2.72. The summed E-state index contributed by atoms with van der Waals surface area (Å²) < 4.78 is 15.3. The molecular formula is C20H19NO5S. The molecule has 0 unspecified atom stereocenters. The van der Waals surface area contributed by atoms with Gasteiger partial charge in [-0.05, 0) is 24.3 Å². The van der Waals surface area contributed by atoms with E-state index in [2.05, 4.69) is 0 Å². The number of esters is 2. The van der Waals surface area contributed by atoms with Crippen LogP contribution >= 0.6 is 11.8 Å². The molecule has 0 saturated heterocycles. The number of carbonyl (C=O) groups excluding carboxylic acids is 2. The van der Waals surface area contributed by atoms with E-state index in [0.29, 0.717) is 0 Å². The molecule has 1 aliphatic rings. The maximum atomic E-state index is 12.5. The lowest BCUT2D eigenvalue weighted by molar-refractivity contribution is -0.140. The average molecular weight is 385 g/mol. The molecule has 0 atom stereocenters. The Morgan fingerprint density at radius 1 is 0.963 bits per heavy atom. The third kappa shape index (κ3) is 4.15. The van der Waals surface area contributed by atoms with E-state index in [9.17, 15) is 9.59 Å². The lowest BCUT2D eigenvalue weighted by atomic mass is 10.1. The van der Waals surface area contributed by atoms with Crippen LogP contribution in [0.1, 0.15) is 0 Å². The van der Waals surface area contributed by atoms with E-state index in [1.807, 2.05) is 54.6 Å². The summed E-state index contributed by atoms with van der Waals surface area (Å²) in [5.41, 5.74) is 1.01. The fraction of sp³-hybridized carbons (Fsp3) is 0.200. The summed E-state index contributed by atoms with van der Waals surface area (Å²) in [5.74, 6) is -1.23. The van der Waals surface area contributed by atoms with Crippen LogP contribution in [-0.2, 0) is 23.8 Å². The van der Waals surface area contributed by atoms with Gasteiger partial charge in [0.1, 0.15) is 12.4 Å². The summed E-state index contributed by atoms with van der Waals surface area (Å²) in [5, 5.41) is 0. The van der Waals surface area contributed by atoms with Crippen LogP contribution in [0.4, 0.5) is 5.69 Å². The molecule has 1 heterocycles. The van der Waals surface area contributed by atoms with Crippen molar-refractivity contribution in [1.82, 2.24) is 0 Å². The molecule has 0 radical (unpaired) electrons. The van der Waals surface area contributed by atoms with E-state index in [4.69, 9.17) is 14.2 Å². The molecule has 0 spiro atoms. The highest BCUT2D eigenvalue weighted by molar-refractivity contribution is 7.99. The number of benzene rings is 2. The Morgan fingerprint density at radius 3 is 2.33 bits per heavy atom. The molecule has 0 N–H and O–H groups in total. The highest BCUT2D eigenvalue weighted by atomic mass is 32.2. The first-order chi connectivity index (χ1) is 13.2. The van der Waals surface area contributed by atoms with Gasteiger partial charge in [0.15, 0.2) is 0 Å². The van der Waals surface area contributed by atoms with Crippen molar-refractivity contribution >= 4 is 29.4 Å². The number of hydrogen-bond donors (Lipinski definition) is 0. The summed E-state index contributed by atoms with van der Waals surface area (Å²) in [7, 11) is 2.55. The summed E-state index contributed by atoms with van der Waals surface area (Å²) >= 11 is 1.56. The number of ether oxygens (including phenoxy) is 3. The van der Waals surface area contributed by atoms with Crippen molar-refractivity contribution < 1.29 is 23.8 Å². The van der Waals surface area contributed by atoms with E-state index in [-0.39, 0.29) is 24.6 Å². The van der Waals surface area contributed by atoms with Crippen molar-refractivity contribution in [2.75, 3.05) is 32.5 Å². The summed E-state index contributed by atoms with van der Waals surface area (Å²) in [6, 6.07) is 17.5. The SMILES string of the molecule is COC(=O)C1=C(C(=O)OC)N(c2ccccc2Sc2ccccc2)COC1. The van der Waals surface area contributed by atoms with Gasteiger partial charge in [0.05, 0.1) is 32.1 Å². The molecule has 140 valence electrons. The Kier molecular flexibility index (Phi) is 6.16. The van der Waals surface area contributed by atoms with Crippen LogP contribution in [0.5, 0.6) is 0 Å². The van der Waals surface area contributed by atoms with Crippen molar-refractivity contribution in [1.29, 1.82) is 0 Å². The predicted octanol–water partition coefficient (Wildman–Crippen LogP) is 3.23. The molecule has 6 nitrogen and oxygen atoms in total. The highest BCUT2D eigenvalue weighted by Crippen LogP contribution is 2.38. The average Bonchev–Trinajstić information content (AvgIpc) is 2.73. The monoisotopic (exact) mass is 385 g/mol. The molecule has 27 heavy (non-hydrogen) atoms. The quantitative estimate of drug-likeness (QED) is 0.732. The van der Waals surface area contributed by atoms with E-state index in [1.165, 1.54) is 14.2 Å². The van der Waals surface area contributed by atoms with Crippen LogP contribution in [0.25, 0.3) is 0 Å². The van der Waals surface area contributed by atoms with Gasteiger partial charge < -0.3 is 19.1 Å². The molecule has 7 heteroatoms. The van der Waals surface area contributed by atoms with Crippen LogP contribution in [0.15, 0.2) is 75.7 Å². The van der Waals surface area contributed by atoms with Gasteiger partial charge in [0.2, 0.25) is 0 Å². The van der Waals surface area contributed by atoms with Crippen molar-refractivity contribution in [2.45, 2.75) is 9.79 Å². The van der Waals surface area contributed by atoms with E-state index >= 15 is 0 Å². The number of hydrogen-bond acceptors (Lipinski definition) is 7. The first kappa shape index (κ1) is 19.0. The topological polar surface area (TPSA) is 65.1 Å². The van der Waals surface area contributed by atoms with E-state index in [0.717, 1.165) is 15.5 Å². The van der Waals surface area contributed by atoms with Crippen LogP contribution < -0.4 is 4.90 Å². The largest absolute Gasteiger partial charge is 0.466 e. The maximum Gasteiger partial charge on any atom is 0.355 e. The third-order valence-electron chi connectivity index (χ3n) is 3.96. The number of anilines is 1. The van der Waals surface area contributed by atoms with Crippen molar-refractivity contribution in [3.63, 3.8) is 0 Å². The molecule has 1 aliphatic heterocycles. The number of para-hydroxylation sites is 1. The zero-order chi connectivity index (χ0) is 19.2. The Balaban J connectivity index is 2.06. The van der Waals surface area contributed by atoms with Crippen molar-refractivity contribution in [3.8, 4) is 0 Å². The van der Waals surface area contributed by atoms with Crippen LogP contribution in [0, 0.1) is 0 Å². The van der Waals surface area contributed by atoms with Crippen molar-refractivity contribution in [2.24, 2.45) is 0 Å². The number of methoxy groups -OCH3 is 2. The van der Waals surface area contributed by atoms with Gasteiger partial charge >= 0.3 is 11.9 Å². The molecule has 0 fully saturated rings. The van der Waals surface area contributed by atoms with Crippen molar-refractivity contribution in [3.05, 3.63) is 65.9 Å². The standard InChI is InChI=1S/C20H19NO5S/c1-24-19(22)15-12-26-13-21(18(15)20(23)25-2)16-10-6-7-11-17(16)27-14-8-4-3-5-9-14/h3-11H,12-13H2,1-2H3. The second-order valence-electron chi connectivity index (χ2n) is 5.60. The molecule has 0 saturated carbocycles. The molecule has 0 aliphatic carbocycles. The first-order valence-corrected chi connectivity index (χ1v) is 9.04. The predicted molar refractivity (Wildman–Crippen MR) is 101 cm³/mol. The zero-order valence-corrected chi connectivity index (χ0v) is 15.8. The van der Waals surface area contributed by atoms with Gasteiger partial charge in [-0.15, -0.1) is 0 Å². The fourth-order valence-corrected chi connectivity index (χ4v) is 3.69. The van der Waals surface area contributed by atoms with Crippen LogP contribution in [-0.4, -0.2) is 39.5 Å². The molecule has 0 aromatic heterocycles. The van der Waals surface area contributed by atoms with Gasteiger partial charge in [0.25, 0.3) is 0 Å². The van der Waals surface area contributed by atoms with Gasteiger partial charge in [-0.2, -0.15) is 0 Å². The van der Waals surface area contributed by atoms with Crippen LogP contribution in [0.3, 0.4) is 0 Å². The molecule has 2 aromatic carbocycles. The molecule has 3 rings (SSSR count). The Labute approximate surface area is 161 Å². The van der Waals surface area contributed by atoms with E-state index < -0.39 is 11.9 Å². The number of nitrogens with zero attached hydrogens (tertiary/aromatic N) is 1. The second kappa shape index (κ2) is 8.75. The lowest BCUT2D eigenvalue weighted by Crippen LogP contribution is -2.39. The zero-order valence-electron chi connectivity index (χ0n) is 15.0. The minimum Gasteiger partial charge on any atom is -0.466 e. The molecule has 0 bridgehead atoms. The normalized spacial score (nSPS) is 14.1. The summed E-state index contributed by atoms with van der Waals surface area (Å²) in [4.78, 5) is 28.2. The number of rotatable bonds is 5. The Morgan fingerprint density at radius 2 is 1.63 bits per heavy atom. The summed E-state index contributed by atoms with van der Waals surface area (Å²) in [6.45, 7) is 0.110. The Bertz CT molecular complexity index is 866. The maximum absolute atomic E-state index is 12.5. The van der Waals surface area contributed by atoms with Gasteiger partial charge in [0, 0.05) is 9.79 Å². The second-order valence-corrected chi connectivity index (χ2v) is 6.71. The first-order valence-electron chi connectivity index (χ1n) is 8.22. The minimum absolute atomic E-state index is 0.0123. The highest BCUT2D eigenvalue weighted by Gasteiger charge is 2.33. The third-order valence-corrected chi connectivity index (χ3v) is 5.03. The molecular weight excluding hydrogens is 366 g/mol. The molecule has 0 amide bonds. The smallest absolute Gasteiger partial charge is 0.355 e. The van der Waals surface area contributed by atoms with Gasteiger partial charge in [-0.3, -0.25) is 0 Å². The molecule has 2 aromatic rings. The lowest BCUT2D eigenvalue weighted by Gasteiger charge is -2.32. The summed E-state index contributed by atoms with van der Waals surface area (Å²) in [6.07, 6.45) is 0. The van der Waals surface area contributed by atoms with Crippen LogP contribution in [0.2, 0.25) is 0 Å². The minimum atomic E-state index is -0.617.